The summed E-state index contributed by atoms with van der Waals surface area (Å²) in [5, 5.41) is 1.16. The molecule has 0 spiro atoms. The molecule has 0 aliphatic carbocycles. The maximum Gasteiger partial charge on any atom is 0.180 e. The lowest BCUT2D eigenvalue weighted by Gasteiger charge is -2.25. The number of aromatic nitrogens is 4. The van der Waals surface area contributed by atoms with E-state index in [1.54, 1.807) is 0 Å². The highest BCUT2D eigenvalue weighted by atomic mass is 16.5. The Kier molecular flexibility index (Phi) is 4.54. The van der Waals surface area contributed by atoms with Crippen molar-refractivity contribution in [3.05, 3.63) is 47.8 Å². The Morgan fingerprint density at radius 2 is 2.00 bits per heavy atom. The fourth-order valence-electron chi connectivity index (χ4n) is 3.86. The molecule has 7 heteroatoms. The molecule has 5 rings (SSSR count). The molecular weight excluding hydrogens is 364 g/mol. The van der Waals surface area contributed by atoms with Crippen LogP contribution in [0.15, 0.2) is 36.4 Å². The van der Waals surface area contributed by atoms with Crippen LogP contribution >= 0.6 is 0 Å². The summed E-state index contributed by atoms with van der Waals surface area (Å²) >= 11 is 0. The summed E-state index contributed by atoms with van der Waals surface area (Å²) in [5.74, 6) is 1.28. The van der Waals surface area contributed by atoms with Crippen LogP contribution in [0.2, 0.25) is 0 Å². The number of nitrogens with two attached hydrogens (primary N) is 1. The molecule has 0 radical (unpaired) electrons. The Bertz CT molecular complexity index is 1200. The molecule has 1 fully saturated rings. The number of nitrogen functional groups attached to an aromatic ring is 1. The molecule has 0 amide bonds. The predicted octanol–water partition coefficient (Wildman–Crippen LogP) is 3.34. The number of ether oxygens (including phenoxy) is 1. The fourth-order valence-corrected chi connectivity index (χ4v) is 3.86. The predicted molar refractivity (Wildman–Crippen MR) is 117 cm³/mol. The third-order valence-corrected chi connectivity index (χ3v) is 5.31. The second-order valence-corrected chi connectivity index (χ2v) is 7.46. The molecule has 0 saturated carbocycles. The van der Waals surface area contributed by atoms with Crippen molar-refractivity contribution in [2.24, 2.45) is 0 Å². The number of hydrogen-bond donors (Lipinski definition) is 3. The lowest BCUT2D eigenvalue weighted by atomic mass is 10.1. The molecule has 1 aromatic carbocycles. The Labute approximate surface area is 168 Å². The van der Waals surface area contributed by atoms with Gasteiger partial charge >= 0.3 is 0 Å². The largest absolute Gasteiger partial charge is 0.384 e. The van der Waals surface area contributed by atoms with Crippen LogP contribution < -0.4 is 5.73 Å². The zero-order valence-corrected chi connectivity index (χ0v) is 16.4. The van der Waals surface area contributed by atoms with Gasteiger partial charge in [-0.05, 0) is 36.8 Å². The zero-order valence-electron chi connectivity index (χ0n) is 16.4. The number of benzene rings is 1. The number of anilines is 1. The monoisotopic (exact) mass is 388 g/mol. The summed E-state index contributed by atoms with van der Waals surface area (Å²) in [7, 11) is 0. The van der Waals surface area contributed by atoms with Crippen LogP contribution in [0.1, 0.15) is 11.4 Å². The van der Waals surface area contributed by atoms with Gasteiger partial charge in [0.25, 0.3) is 0 Å². The lowest BCUT2D eigenvalue weighted by molar-refractivity contribution is 0.0435. The smallest absolute Gasteiger partial charge is 0.180 e. The number of hydrogen-bond acceptors (Lipinski definition) is 5. The van der Waals surface area contributed by atoms with E-state index in [9.17, 15) is 0 Å². The minimum absolute atomic E-state index is 0.462. The van der Waals surface area contributed by atoms with E-state index in [0.29, 0.717) is 11.5 Å². The SMILES string of the molecule is Cc1nc2nc(N)cc(-c3cc4cc(/C=C/CN5CCOCC5)ccc4[nH]3)c2[nH]1. The van der Waals surface area contributed by atoms with Gasteiger partial charge in [-0.1, -0.05) is 18.2 Å². The van der Waals surface area contributed by atoms with Crippen LogP contribution in [0, 0.1) is 6.92 Å². The van der Waals surface area contributed by atoms with Crippen molar-refractivity contribution in [2.45, 2.75) is 6.92 Å². The fraction of sp³-hybridized carbons (Fsp3) is 0.273. The van der Waals surface area contributed by atoms with Crippen molar-refractivity contribution < 1.29 is 4.74 Å². The Hall–Kier alpha value is -3.16. The summed E-state index contributed by atoms with van der Waals surface area (Å²) in [6.45, 7) is 6.53. The van der Waals surface area contributed by atoms with Crippen LogP contribution in [-0.4, -0.2) is 57.7 Å². The number of imidazole rings is 1. The molecule has 3 aromatic heterocycles. The highest BCUT2D eigenvalue weighted by molar-refractivity contribution is 5.95. The van der Waals surface area contributed by atoms with Gasteiger partial charge in [0.1, 0.15) is 11.6 Å². The number of fused-ring (bicyclic) bond motifs is 2. The zero-order chi connectivity index (χ0) is 19.8. The first-order chi connectivity index (χ1) is 14.2. The standard InChI is InChI=1S/C22H24N6O/c1-14-24-21-17(13-20(23)27-22(21)25-14)19-12-16-11-15(4-5-18(16)26-19)3-2-6-28-7-9-29-10-8-28/h2-5,11-13,26H,6-10H2,1H3,(H3,23,24,25,27)/b3-2+. The molecule has 0 unspecified atom stereocenters. The van der Waals surface area contributed by atoms with Crippen molar-refractivity contribution in [3.8, 4) is 11.3 Å². The highest BCUT2D eigenvalue weighted by Crippen LogP contribution is 2.30. The molecule has 29 heavy (non-hydrogen) atoms. The topological polar surface area (TPSA) is 95.8 Å². The number of H-pyrrole nitrogens is 2. The number of aromatic amines is 2. The number of nitrogens with one attached hydrogen (secondary N) is 2. The normalized spacial score (nSPS) is 15.8. The van der Waals surface area contributed by atoms with Crippen molar-refractivity contribution in [3.63, 3.8) is 0 Å². The second kappa shape index (κ2) is 7.35. The molecule has 1 aliphatic rings. The minimum Gasteiger partial charge on any atom is -0.384 e. The Morgan fingerprint density at radius 1 is 1.14 bits per heavy atom. The molecule has 4 N–H and O–H groups in total. The number of aryl methyl sites for hydroxylation is 1. The van der Waals surface area contributed by atoms with E-state index in [4.69, 9.17) is 10.5 Å². The maximum atomic E-state index is 6.01. The summed E-state index contributed by atoms with van der Waals surface area (Å²) in [6.07, 6.45) is 4.41. The van der Waals surface area contributed by atoms with Gasteiger partial charge in [-0.3, -0.25) is 4.90 Å². The van der Waals surface area contributed by atoms with Crippen LogP contribution in [-0.2, 0) is 4.74 Å². The van der Waals surface area contributed by atoms with Gasteiger partial charge in [-0.2, -0.15) is 0 Å². The molecule has 148 valence electrons. The second-order valence-electron chi connectivity index (χ2n) is 7.46. The van der Waals surface area contributed by atoms with Gasteiger partial charge in [0, 0.05) is 41.8 Å². The minimum atomic E-state index is 0.462. The van der Waals surface area contributed by atoms with E-state index >= 15 is 0 Å². The van der Waals surface area contributed by atoms with E-state index in [2.05, 4.69) is 61.3 Å². The van der Waals surface area contributed by atoms with E-state index in [1.807, 2.05) is 13.0 Å². The first-order valence-corrected chi connectivity index (χ1v) is 9.88. The number of nitrogens with zero attached hydrogens (tertiary/aromatic N) is 3. The molecule has 4 aromatic rings. The molecule has 1 saturated heterocycles. The van der Waals surface area contributed by atoms with Gasteiger partial charge in [0.2, 0.25) is 0 Å². The summed E-state index contributed by atoms with van der Waals surface area (Å²) in [4.78, 5) is 17.9. The van der Waals surface area contributed by atoms with E-state index in [0.717, 1.165) is 66.3 Å². The molecule has 0 atom stereocenters. The summed E-state index contributed by atoms with van der Waals surface area (Å²) < 4.78 is 5.40. The maximum absolute atomic E-state index is 6.01. The van der Waals surface area contributed by atoms with Crippen molar-refractivity contribution in [2.75, 3.05) is 38.6 Å². The van der Waals surface area contributed by atoms with Crippen LogP contribution in [0.3, 0.4) is 0 Å². The summed E-state index contributed by atoms with van der Waals surface area (Å²) in [5.41, 5.74) is 11.8. The number of morpholine rings is 1. The Balaban J connectivity index is 1.44. The van der Waals surface area contributed by atoms with Gasteiger partial charge in [0.05, 0.1) is 18.7 Å². The lowest BCUT2D eigenvalue weighted by Crippen LogP contribution is -2.36. The van der Waals surface area contributed by atoms with Crippen LogP contribution in [0.5, 0.6) is 0 Å². The average Bonchev–Trinajstić information content (AvgIpc) is 3.30. The number of pyridine rings is 1. The van der Waals surface area contributed by atoms with Crippen LogP contribution in [0.4, 0.5) is 5.82 Å². The summed E-state index contributed by atoms with van der Waals surface area (Å²) in [6, 6.07) is 10.5. The first-order valence-electron chi connectivity index (χ1n) is 9.88. The highest BCUT2D eigenvalue weighted by Gasteiger charge is 2.13. The van der Waals surface area contributed by atoms with E-state index in [1.165, 1.54) is 5.56 Å². The van der Waals surface area contributed by atoms with Gasteiger partial charge in [-0.25, -0.2) is 9.97 Å². The van der Waals surface area contributed by atoms with Gasteiger partial charge in [-0.15, -0.1) is 0 Å². The van der Waals surface area contributed by atoms with E-state index < -0.39 is 0 Å². The molecule has 7 nitrogen and oxygen atoms in total. The molecule has 1 aliphatic heterocycles. The molecular formula is C22H24N6O. The first kappa shape index (κ1) is 17.9. The van der Waals surface area contributed by atoms with E-state index in [-0.39, 0.29) is 0 Å². The third kappa shape index (κ3) is 3.62. The molecule has 0 bridgehead atoms. The average molecular weight is 388 g/mol. The Morgan fingerprint density at radius 3 is 2.86 bits per heavy atom. The van der Waals surface area contributed by atoms with Gasteiger partial charge in [0.15, 0.2) is 5.65 Å². The van der Waals surface area contributed by atoms with Crippen molar-refractivity contribution in [1.82, 2.24) is 24.8 Å². The van der Waals surface area contributed by atoms with Crippen molar-refractivity contribution >= 4 is 34.0 Å². The molecule has 4 heterocycles. The quantitative estimate of drug-likeness (QED) is 0.498. The van der Waals surface area contributed by atoms with Gasteiger partial charge < -0.3 is 20.4 Å². The third-order valence-electron chi connectivity index (χ3n) is 5.31. The number of rotatable bonds is 4. The van der Waals surface area contributed by atoms with Crippen LogP contribution in [0.25, 0.3) is 39.4 Å². The van der Waals surface area contributed by atoms with Crippen molar-refractivity contribution in [1.29, 1.82) is 0 Å².